The van der Waals surface area contributed by atoms with Crippen molar-refractivity contribution in [3.05, 3.63) is 24.5 Å². The molecule has 0 aromatic carbocycles. The second kappa shape index (κ2) is 4.47. The summed E-state index contributed by atoms with van der Waals surface area (Å²) in [4.78, 5) is 0. The maximum atomic E-state index is 5.71. The van der Waals surface area contributed by atoms with Crippen molar-refractivity contribution < 1.29 is 0 Å². The first-order valence-electron chi connectivity index (χ1n) is 4.41. The molecule has 13 heavy (non-hydrogen) atoms. The van der Waals surface area contributed by atoms with Gasteiger partial charge in [0.1, 0.15) is 0 Å². The van der Waals surface area contributed by atoms with Crippen molar-refractivity contribution in [3.8, 4) is 0 Å². The van der Waals surface area contributed by atoms with E-state index in [4.69, 9.17) is 11.6 Å². The van der Waals surface area contributed by atoms with Gasteiger partial charge < -0.3 is 0 Å². The summed E-state index contributed by atoms with van der Waals surface area (Å²) in [6, 6.07) is 1.95. The zero-order valence-corrected chi connectivity index (χ0v) is 8.88. The maximum Gasteiger partial charge on any atom is 0.0648 e. The van der Waals surface area contributed by atoms with Crippen LogP contribution in [0.3, 0.4) is 0 Å². The van der Waals surface area contributed by atoms with Crippen LogP contribution in [0.25, 0.3) is 5.57 Å². The van der Waals surface area contributed by atoms with E-state index in [1.165, 1.54) is 0 Å². The van der Waals surface area contributed by atoms with Crippen LogP contribution >= 0.6 is 11.6 Å². The van der Waals surface area contributed by atoms with E-state index in [0.29, 0.717) is 11.8 Å². The van der Waals surface area contributed by atoms with E-state index >= 15 is 0 Å². The largest absolute Gasteiger partial charge is 0.265 e. The zero-order valence-electron chi connectivity index (χ0n) is 8.13. The normalized spacial score (nSPS) is 10.8. The summed E-state index contributed by atoms with van der Waals surface area (Å²) >= 11 is 5.71. The SMILES string of the molecule is C=C(CCl)c1ccnn1CC(C)C. The Morgan fingerprint density at radius 3 is 2.92 bits per heavy atom. The number of halogens is 1. The monoisotopic (exact) mass is 198 g/mol. The average molecular weight is 199 g/mol. The molecule has 1 aromatic rings. The summed E-state index contributed by atoms with van der Waals surface area (Å²) in [6.07, 6.45) is 1.79. The molecular formula is C10H15ClN2. The van der Waals surface area contributed by atoms with Crippen LogP contribution in [0.2, 0.25) is 0 Å². The minimum absolute atomic E-state index is 0.462. The van der Waals surface area contributed by atoms with Gasteiger partial charge in [0.25, 0.3) is 0 Å². The van der Waals surface area contributed by atoms with E-state index in [9.17, 15) is 0 Å². The standard InChI is InChI=1S/C10H15ClN2/c1-8(2)7-13-10(4-5-12-13)9(3)6-11/h4-5,8H,3,6-7H2,1-2H3. The van der Waals surface area contributed by atoms with Gasteiger partial charge in [0.2, 0.25) is 0 Å². The van der Waals surface area contributed by atoms with Crippen molar-refractivity contribution in [3.63, 3.8) is 0 Å². The highest BCUT2D eigenvalue weighted by Gasteiger charge is 2.06. The number of alkyl halides is 1. The van der Waals surface area contributed by atoms with Gasteiger partial charge in [0.05, 0.1) is 5.69 Å². The molecule has 0 atom stereocenters. The Morgan fingerprint density at radius 2 is 2.38 bits per heavy atom. The summed E-state index contributed by atoms with van der Waals surface area (Å²) < 4.78 is 1.95. The van der Waals surface area contributed by atoms with Gasteiger partial charge in [-0.2, -0.15) is 5.10 Å². The zero-order chi connectivity index (χ0) is 9.84. The van der Waals surface area contributed by atoms with E-state index in [0.717, 1.165) is 17.8 Å². The lowest BCUT2D eigenvalue weighted by molar-refractivity contribution is 0.479. The van der Waals surface area contributed by atoms with E-state index in [2.05, 4.69) is 25.5 Å². The molecule has 3 heteroatoms. The molecule has 0 amide bonds. The smallest absolute Gasteiger partial charge is 0.0648 e. The van der Waals surface area contributed by atoms with Crippen molar-refractivity contribution >= 4 is 17.2 Å². The Balaban J connectivity index is 2.83. The number of hydrogen-bond acceptors (Lipinski definition) is 1. The second-order valence-electron chi connectivity index (χ2n) is 3.53. The minimum Gasteiger partial charge on any atom is -0.265 e. The highest BCUT2D eigenvalue weighted by atomic mass is 35.5. The molecule has 0 fully saturated rings. The lowest BCUT2D eigenvalue weighted by Gasteiger charge is -2.09. The molecule has 0 N–H and O–H groups in total. The molecule has 0 radical (unpaired) electrons. The van der Waals surface area contributed by atoms with Crippen LogP contribution in [0.4, 0.5) is 0 Å². The Morgan fingerprint density at radius 1 is 1.69 bits per heavy atom. The van der Waals surface area contributed by atoms with Crippen LogP contribution in [0, 0.1) is 5.92 Å². The molecule has 0 saturated carbocycles. The Bertz CT molecular complexity index is 289. The minimum atomic E-state index is 0.462. The first kappa shape index (κ1) is 10.3. The number of allylic oxidation sites excluding steroid dienone is 1. The summed E-state index contributed by atoms with van der Waals surface area (Å²) in [5, 5.41) is 4.22. The van der Waals surface area contributed by atoms with E-state index in [1.807, 2.05) is 10.7 Å². The third-order valence-corrected chi connectivity index (χ3v) is 2.10. The van der Waals surface area contributed by atoms with Crippen LogP contribution < -0.4 is 0 Å². The van der Waals surface area contributed by atoms with Crippen molar-refractivity contribution in [1.29, 1.82) is 0 Å². The third-order valence-electron chi connectivity index (χ3n) is 1.78. The van der Waals surface area contributed by atoms with E-state index in [1.54, 1.807) is 6.20 Å². The third kappa shape index (κ3) is 2.59. The van der Waals surface area contributed by atoms with Gasteiger partial charge in [-0.15, -0.1) is 11.6 Å². The fourth-order valence-corrected chi connectivity index (χ4v) is 1.33. The predicted octanol–water partition coefficient (Wildman–Crippen LogP) is 2.79. The molecule has 0 spiro atoms. The molecule has 1 heterocycles. The van der Waals surface area contributed by atoms with Crippen LogP contribution in [0.1, 0.15) is 19.5 Å². The molecule has 0 aliphatic heterocycles. The molecular weight excluding hydrogens is 184 g/mol. The van der Waals surface area contributed by atoms with Gasteiger partial charge >= 0.3 is 0 Å². The van der Waals surface area contributed by atoms with Gasteiger partial charge in [-0.1, -0.05) is 20.4 Å². The van der Waals surface area contributed by atoms with Gasteiger partial charge in [-0.25, -0.2) is 0 Å². The number of nitrogens with zero attached hydrogens (tertiary/aromatic N) is 2. The Hall–Kier alpha value is -0.760. The number of hydrogen-bond donors (Lipinski definition) is 0. The molecule has 2 nitrogen and oxygen atoms in total. The lowest BCUT2D eigenvalue weighted by Crippen LogP contribution is -2.09. The summed E-state index contributed by atoms with van der Waals surface area (Å²) in [5.41, 5.74) is 1.98. The molecule has 72 valence electrons. The van der Waals surface area contributed by atoms with E-state index < -0.39 is 0 Å². The average Bonchev–Trinajstić information content (AvgIpc) is 2.50. The molecule has 0 aliphatic rings. The Labute approximate surface area is 84.2 Å². The first-order valence-corrected chi connectivity index (χ1v) is 4.94. The van der Waals surface area contributed by atoms with Crippen LogP contribution in [-0.4, -0.2) is 15.7 Å². The van der Waals surface area contributed by atoms with Crippen LogP contribution in [0.5, 0.6) is 0 Å². The van der Waals surface area contributed by atoms with Crippen molar-refractivity contribution in [2.75, 3.05) is 5.88 Å². The second-order valence-corrected chi connectivity index (χ2v) is 3.80. The molecule has 0 aliphatic carbocycles. The molecule has 0 bridgehead atoms. The quantitative estimate of drug-likeness (QED) is 0.681. The number of aromatic nitrogens is 2. The molecule has 1 rings (SSSR count). The highest BCUT2D eigenvalue weighted by molar-refractivity contribution is 6.22. The van der Waals surface area contributed by atoms with Gasteiger partial charge in [0, 0.05) is 18.6 Å². The molecule has 0 unspecified atom stereocenters. The van der Waals surface area contributed by atoms with Gasteiger partial charge in [-0.05, 0) is 17.6 Å². The van der Waals surface area contributed by atoms with Gasteiger partial charge in [0.15, 0.2) is 0 Å². The molecule has 1 aromatic heterocycles. The summed E-state index contributed by atoms with van der Waals surface area (Å²) in [6.45, 7) is 9.13. The lowest BCUT2D eigenvalue weighted by atomic mass is 10.2. The fraction of sp³-hybridized carbons (Fsp3) is 0.500. The van der Waals surface area contributed by atoms with Crippen LogP contribution in [0.15, 0.2) is 18.8 Å². The van der Waals surface area contributed by atoms with E-state index in [-0.39, 0.29) is 0 Å². The topological polar surface area (TPSA) is 17.8 Å². The predicted molar refractivity (Wildman–Crippen MR) is 56.8 cm³/mol. The Kier molecular flexibility index (Phi) is 3.55. The highest BCUT2D eigenvalue weighted by Crippen LogP contribution is 2.14. The maximum absolute atomic E-state index is 5.71. The van der Waals surface area contributed by atoms with Gasteiger partial charge in [-0.3, -0.25) is 4.68 Å². The fourth-order valence-electron chi connectivity index (χ4n) is 1.19. The van der Waals surface area contributed by atoms with Crippen molar-refractivity contribution in [1.82, 2.24) is 9.78 Å². The van der Waals surface area contributed by atoms with Crippen molar-refractivity contribution in [2.24, 2.45) is 5.92 Å². The number of rotatable bonds is 4. The van der Waals surface area contributed by atoms with Crippen molar-refractivity contribution in [2.45, 2.75) is 20.4 Å². The summed E-state index contributed by atoms with van der Waals surface area (Å²) in [5.74, 6) is 1.05. The first-order chi connectivity index (χ1) is 6.15. The summed E-state index contributed by atoms with van der Waals surface area (Å²) in [7, 11) is 0. The van der Waals surface area contributed by atoms with Crippen LogP contribution in [-0.2, 0) is 6.54 Å². The molecule has 0 saturated heterocycles.